The maximum Gasteiger partial charge on any atom is 0.273 e. The van der Waals surface area contributed by atoms with Crippen molar-refractivity contribution in [1.29, 1.82) is 5.26 Å². The molecule has 0 aliphatic rings. The standard InChI is InChI=1S/C29H24BrN3O3S/c1-3-36-25-15-14-22(30)16-21(25)17-26-28(35)33(23-12-8-5-9-13-23)29(37-26)24(18-31)27(34)32-19(2)20-10-6-4-7-11-20/h4-17,19H,3H2,1-2H3,(H,32,34)/b26-17+,29-24-. The number of ether oxygens (including phenoxy) is 1. The molecule has 4 aromatic rings. The van der Waals surface area contributed by atoms with Gasteiger partial charge in [0, 0.05) is 10.0 Å². The lowest BCUT2D eigenvalue weighted by Crippen LogP contribution is -2.34. The van der Waals surface area contributed by atoms with Gasteiger partial charge in [-0.25, -0.2) is 0 Å². The van der Waals surface area contributed by atoms with E-state index in [4.69, 9.17) is 4.74 Å². The fraction of sp³-hybridized carbons (Fsp3) is 0.138. The summed E-state index contributed by atoms with van der Waals surface area (Å²) in [6, 6.07) is 25.7. The van der Waals surface area contributed by atoms with Crippen LogP contribution in [0, 0.1) is 11.3 Å². The fourth-order valence-corrected chi connectivity index (χ4v) is 5.28. The normalized spacial score (nSPS) is 13.0. The van der Waals surface area contributed by atoms with Crippen LogP contribution in [0.4, 0.5) is 0 Å². The average molecular weight is 575 g/mol. The van der Waals surface area contributed by atoms with Crippen molar-refractivity contribution in [2.45, 2.75) is 19.9 Å². The number of carbonyl (C=O) groups excluding carboxylic acids is 1. The summed E-state index contributed by atoms with van der Waals surface area (Å²) in [6.07, 6.45) is 1.73. The van der Waals surface area contributed by atoms with E-state index < -0.39 is 5.91 Å². The van der Waals surface area contributed by atoms with E-state index in [1.165, 1.54) is 4.57 Å². The Morgan fingerprint density at radius 3 is 2.46 bits per heavy atom. The predicted octanol–water partition coefficient (Wildman–Crippen LogP) is 4.44. The van der Waals surface area contributed by atoms with Crippen LogP contribution < -0.4 is 24.8 Å². The molecule has 0 bridgehead atoms. The summed E-state index contributed by atoms with van der Waals surface area (Å²) in [6.45, 7) is 4.21. The van der Waals surface area contributed by atoms with Gasteiger partial charge in [0.1, 0.15) is 16.5 Å². The van der Waals surface area contributed by atoms with Gasteiger partial charge in [-0.1, -0.05) is 64.5 Å². The second kappa shape index (κ2) is 11.9. The van der Waals surface area contributed by atoms with E-state index in [1.54, 1.807) is 30.3 Å². The van der Waals surface area contributed by atoms with Crippen molar-refractivity contribution in [1.82, 2.24) is 9.88 Å². The Bertz CT molecular complexity index is 1640. The SMILES string of the molecule is CCOc1ccc(Br)cc1/C=c1/s/c(=C(/C#N)C(=O)NC(C)c2ccccc2)n(-c2ccccc2)c1=O. The molecule has 1 atom stereocenters. The minimum absolute atomic E-state index is 0.132. The van der Waals surface area contributed by atoms with Crippen LogP contribution in [-0.2, 0) is 4.79 Å². The third-order valence-corrected chi connectivity index (χ3v) is 7.18. The number of halogens is 1. The topological polar surface area (TPSA) is 84.1 Å². The van der Waals surface area contributed by atoms with Crippen molar-refractivity contribution in [2.75, 3.05) is 6.61 Å². The highest BCUT2D eigenvalue weighted by Gasteiger charge is 2.19. The van der Waals surface area contributed by atoms with Crippen LogP contribution in [0.5, 0.6) is 5.75 Å². The fourth-order valence-electron chi connectivity index (χ4n) is 3.81. The second-order valence-corrected chi connectivity index (χ2v) is 10.0. The van der Waals surface area contributed by atoms with E-state index in [2.05, 4.69) is 21.2 Å². The van der Waals surface area contributed by atoms with Crippen molar-refractivity contribution in [3.63, 3.8) is 0 Å². The zero-order valence-corrected chi connectivity index (χ0v) is 22.7. The maximum absolute atomic E-state index is 13.7. The summed E-state index contributed by atoms with van der Waals surface area (Å²) in [5, 5.41) is 12.9. The Morgan fingerprint density at radius 2 is 1.81 bits per heavy atom. The number of nitriles is 1. The zero-order chi connectivity index (χ0) is 26.4. The third kappa shape index (κ3) is 5.91. The number of aromatic nitrogens is 1. The molecule has 1 heterocycles. The van der Waals surface area contributed by atoms with Crippen molar-refractivity contribution in [3.05, 3.63) is 114 Å². The minimum atomic E-state index is -0.547. The van der Waals surface area contributed by atoms with Gasteiger partial charge in [0.2, 0.25) is 0 Å². The summed E-state index contributed by atoms with van der Waals surface area (Å²) in [7, 11) is 0. The molecule has 6 nitrogen and oxygen atoms in total. The van der Waals surface area contributed by atoms with Crippen LogP contribution in [0.15, 0.2) is 88.1 Å². The van der Waals surface area contributed by atoms with Crippen LogP contribution >= 0.6 is 27.3 Å². The summed E-state index contributed by atoms with van der Waals surface area (Å²) >= 11 is 4.57. The highest BCUT2D eigenvalue weighted by molar-refractivity contribution is 9.10. The van der Waals surface area contributed by atoms with Gasteiger partial charge >= 0.3 is 0 Å². The van der Waals surface area contributed by atoms with E-state index in [-0.39, 0.29) is 21.8 Å². The number of nitrogens with one attached hydrogen (secondary N) is 1. The van der Waals surface area contributed by atoms with Gasteiger partial charge in [0.05, 0.1) is 22.9 Å². The smallest absolute Gasteiger partial charge is 0.273 e. The summed E-state index contributed by atoms with van der Waals surface area (Å²) in [5.41, 5.74) is 1.72. The molecule has 8 heteroatoms. The van der Waals surface area contributed by atoms with E-state index in [9.17, 15) is 14.9 Å². The molecule has 0 radical (unpaired) electrons. The maximum atomic E-state index is 13.7. The molecule has 0 saturated carbocycles. The molecule has 3 aromatic carbocycles. The summed E-state index contributed by atoms with van der Waals surface area (Å²) in [4.78, 5) is 27.0. The largest absolute Gasteiger partial charge is 0.493 e. The zero-order valence-electron chi connectivity index (χ0n) is 20.3. The number of amides is 1. The van der Waals surface area contributed by atoms with Gasteiger partial charge in [-0.15, -0.1) is 11.3 Å². The van der Waals surface area contributed by atoms with Crippen molar-refractivity contribution in [3.8, 4) is 17.5 Å². The molecule has 186 valence electrons. The molecule has 0 aliphatic carbocycles. The van der Waals surface area contributed by atoms with Crippen LogP contribution in [0.3, 0.4) is 0 Å². The van der Waals surface area contributed by atoms with Crippen LogP contribution in [0.2, 0.25) is 0 Å². The van der Waals surface area contributed by atoms with E-state index in [1.807, 2.05) is 74.5 Å². The van der Waals surface area contributed by atoms with Crippen molar-refractivity contribution >= 4 is 44.8 Å². The Balaban J connectivity index is 1.93. The molecule has 0 fully saturated rings. The van der Waals surface area contributed by atoms with E-state index in [0.717, 1.165) is 21.4 Å². The van der Waals surface area contributed by atoms with Crippen molar-refractivity contribution < 1.29 is 9.53 Å². The molecule has 37 heavy (non-hydrogen) atoms. The van der Waals surface area contributed by atoms with Gasteiger partial charge in [-0.05, 0) is 55.8 Å². The van der Waals surface area contributed by atoms with Gasteiger partial charge in [0.15, 0.2) is 5.57 Å². The highest BCUT2D eigenvalue weighted by Crippen LogP contribution is 2.24. The number of nitrogens with zero attached hydrogens (tertiary/aromatic N) is 2. The molecule has 1 N–H and O–H groups in total. The van der Waals surface area contributed by atoms with E-state index >= 15 is 0 Å². The van der Waals surface area contributed by atoms with Gasteiger partial charge < -0.3 is 10.1 Å². The number of benzene rings is 3. The first kappa shape index (κ1) is 26.1. The van der Waals surface area contributed by atoms with Crippen molar-refractivity contribution in [2.24, 2.45) is 0 Å². The molecule has 1 amide bonds. The highest BCUT2D eigenvalue weighted by atomic mass is 79.9. The Morgan fingerprint density at radius 1 is 1.14 bits per heavy atom. The lowest BCUT2D eigenvalue weighted by molar-refractivity contribution is -0.116. The summed E-state index contributed by atoms with van der Waals surface area (Å²) < 4.78 is 8.62. The number of rotatable bonds is 7. The third-order valence-electron chi connectivity index (χ3n) is 5.60. The number of carbonyl (C=O) groups is 1. The van der Waals surface area contributed by atoms with Gasteiger partial charge in [-0.2, -0.15) is 5.26 Å². The molecule has 0 aliphatic heterocycles. The second-order valence-electron chi connectivity index (χ2n) is 8.10. The van der Waals surface area contributed by atoms with Crippen LogP contribution in [-0.4, -0.2) is 17.1 Å². The molecule has 4 rings (SSSR count). The van der Waals surface area contributed by atoms with Gasteiger partial charge in [0.25, 0.3) is 11.5 Å². The average Bonchev–Trinajstić information content (AvgIpc) is 3.22. The minimum Gasteiger partial charge on any atom is -0.493 e. The first-order chi connectivity index (χ1) is 17.9. The molecular formula is C29H24BrN3O3S. The lowest BCUT2D eigenvalue weighted by Gasteiger charge is -2.13. The number of hydrogen-bond donors (Lipinski definition) is 1. The quantitative estimate of drug-likeness (QED) is 0.354. The Labute approximate surface area is 226 Å². The first-order valence-corrected chi connectivity index (χ1v) is 13.3. The first-order valence-electron chi connectivity index (χ1n) is 11.6. The monoisotopic (exact) mass is 573 g/mol. The predicted molar refractivity (Wildman–Crippen MR) is 150 cm³/mol. The molecule has 1 unspecified atom stereocenters. The Kier molecular flexibility index (Phi) is 8.39. The lowest BCUT2D eigenvalue weighted by atomic mass is 10.1. The van der Waals surface area contributed by atoms with Gasteiger partial charge in [-0.3, -0.25) is 14.2 Å². The molecular weight excluding hydrogens is 550 g/mol. The summed E-state index contributed by atoms with van der Waals surface area (Å²) in [5.74, 6) is 0.0824. The Hall–Kier alpha value is -3.93. The van der Waals surface area contributed by atoms with Crippen LogP contribution in [0.25, 0.3) is 17.3 Å². The van der Waals surface area contributed by atoms with Crippen LogP contribution in [0.1, 0.15) is 31.0 Å². The molecule has 0 spiro atoms. The number of para-hydroxylation sites is 1. The molecule has 1 aromatic heterocycles. The van der Waals surface area contributed by atoms with E-state index in [0.29, 0.717) is 28.1 Å². The number of hydrogen-bond acceptors (Lipinski definition) is 5. The molecule has 0 saturated heterocycles. The number of thiazole rings is 1.